The first-order valence-corrected chi connectivity index (χ1v) is 7.92. The summed E-state index contributed by atoms with van der Waals surface area (Å²) in [4.78, 5) is 15.8. The predicted octanol–water partition coefficient (Wildman–Crippen LogP) is 1.68. The maximum atomic E-state index is 9.22. The second-order valence-electron chi connectivity index (χ2n) is 4.76. The molecule has 0 radical (unpaired) electrons. The Bertz CT molecular complexity index is 522. The molecule has 6 nitrogen and oxygen atoms in total. The number of carbonyl (C=O) groups excluding carboxylic acids is 1. The summed E-state index contributed by atoms with van der Waals surface area (Å²) in [6.07, 6.45) is 5.75. The Balaban J connectivity index is 0.000000541. The van der Waals surface area contributed by atoms with Gasteiger partial charge in [0.15, 0.2) is 0 Å². The molecule has 0 atom stereocenters. The molecule has 0 aromatic carbocycles. The van der Waals surface area contributed by atoms with Gasteiger partial charge in [0.05, 0.1) is 5.04 Å². The number of piperazine rings is 1. The number of amides is 1. The lowest BCUT2D eigenvalue weighted by atomic mass is 10.2. The maximum Gasteiger partial charge on any atom is 0.214 e. The molecule has 120 valence electrons. The summed E-state index contributed by atoms with van der Waals surface area (Å²) in [5.41, 5.74) is 6.82. The fourth-order valence-electron chi connectivity index (χ4n) is 1.93. The first-order valence-electron chi connectivity index (χ1n) is 7.04. The van der Waals surface area contributed by atoms with Crippen LogP contribution in [0.3, 0.4) is 0 Å². The van der Waals surface area contributed by atoms with Gasteiger partial charge < -0.3 is 16.0 Å². The van der Waals surface area contributed by atoms with Gasteiger partial charge in [-0.3, -0.25) is 15.2 Å². The van der Waals surface area contributed by atoms with E-state index >= 15 is 0 Å². The van der Waals surface area contributed by atoms with E-state index in [0.717, 1.165) is 31.7 Å². The Kier molecular flexibility index (Phi) is 8.24. The molecule has 1 aliphatic rings. The van der Waals surface area contributed by atoms with E-state index in [9.17, 15) is 4.79 Å². The monoisotopic (exact) mass is 321 g/mol. The number of nitrogens with zero attached hydrogens (tertiary/aromatic N) is 2. The van der Waals surface area contributed by atoms with E-state index < -0.39 is 0 Å². The van der Waals surface area contributed by atoms with Crippen molar-refractivity contribution in [3.05, 3.63) is 29.4 Å². The summed E-state index contributed by atoms with van der Waals surface area (Å²) in [5.74, 6) is -0.333. The predicted molar refractivity (Wildman–Crippen MR) is 94.2 cm³/mol. The van der Waals surface area contributed by atoms with E-state index in [1.165, 1.54) is 24.4 Å². The molecule has 7 heteroatoms. The van der Waals surface area contributed by atoms with Gasteiger partial charge in [-0.05, 0) is 24.5 Å². The van der Waals surface area contributed by atoms with Crippen molar-refractivity contribution in [2.75, 3.05) is 31.1 Å². The summed E-state index contributed by atoms with van der Waals surface area (Å²) in [7, 11) is 0. The van der Waals surface area contributed by atoms with Crippen LogP contribution in [0.5, 0.6) is 0 Å². The van der Waals surface area contributed by atoms with Gasteiger partial charge in [0.25, 0.3) is 0 Å². The normalized spacial score (nSPS) is 14.4. The number of aromatic nitrogens is 1. The number of carbonyl (C=O) groups is 1. The van der Waals surface area contributed by atoms with Gasteiger partial charge >= 0.3 is 0 Å². The number of thioether (sulfide) groups is 1. The van der Waals surface area contributed by atoms with Crippen LogP contribution >= 0.6 is 11.8 Å². The molecule has 1 saturated heterocycles. The van der Waals surface area contributed by atoms with E-state index in [1.807, 2.05) is 23.9 Å². The van der Waals surface area contributed by atoms with Gasteiger partial charge in [-0.2, -0.15) is 0 Å². The molecule has 0 bridgehead atoms. The Labute approximate surface area is 135 Å². The van der Waals surface area contributed by atoms with E-state index in [-0.39, 0.29) is 5.91 Å². The standard InChI is InChI=1S/C13H18N4S.C2H5NO/c1-11(14)18-9-3-12-10-16-4-2-13(12)17-7-5-15-6-8-17;1-2(3)4/h2-4,9-10,14-15H,5-8H2,1H3;1H3,(H2,3,4)/b9-3+,14-11?;. The lowest BCUT2D eigenvalue weighted by Crippen LogP contribution is -2.43. The van der Waals surface area contributed by atoms with Crippen molar-refractivity contribution in [3.63, 3.8) is 0 Å². The van der Waals surface area contributed by atoms with Crippen LogP contribution in [0, 0.1) is 5.41 Å². The minimum absolute atomic E-state index is 0.333. The summed E-state index contributed by atoms with van der Waals surface area (Å²) >= 11 is 1.43. The fraction of sp³-hybridized carbons (Fsp3) is 0.400. The molecule has 22 heavy (non-hydrogen) atoms. The van der Waals surface area contributed by atoms with Crippen LogP contribution in [-0.4, -0.2) is 42.1 Å². The lowest BCUT2D eigenvalue weighted by molar-refractivity contribution is -0.115. The molecule has 4 N–H and O–H groups in total. The number of nitrogens with one attached hydrogen (secondary N) is 2. The quantitative estimate of drug-likeness (QED) is 0.581. The van der Waals surface area contributed by atoms with Crippen molar-refractivity contribution in [3.8, 4) is 0 Å². The molecular formula is C15H23N5OS. The third kappa shape index (κ3) is 7.24. The number of hydrogen-bond donors (Lipinski definition) is 3. The van der Waals surface area contributed by atoms with Crippen LogP contribution < -0.4 is 16.0 Å². The van der Waals surface area contributed by atoms with Crippen molar-refractivity contribution in [1.29, 1.82) is 5.41 Å². The van der Waals surface area contributed by atoms with Crippen LogP contribution in [0.15, 0.2) is 23.9 Å². The lowest BCUT2D eigenvalue weighted by Gasteiger charge is -2.30. The topological polar surface area (TPSA) is 95.1 Å². The Morgan fingerprint density at radius 1 is 1.45 bits per heavy atom. The summed E-state index contributed by atoms with van der Waals surface area (Å²) < 4.78 is 0. The Morgan fingerprint density at radius 3 is 2.68 bits per heavy atom. The zero-order valence-corrected chi connectivity index (χ0v) is 13.8. The molecule has 1 aromatic rings. The zero-order chi connectivity index (χ0) is 16.4. The average Bonchev–Trinajstić information content (AvgIpc) is 2.48. The van der Waals surface area contributed by atoms with Gasteiger partial charge in [0.1, 0.15) is 0 Å². The Hall–Kier alpha value is -1.86. The second kappa shape index (κ2) is 9.97. The Morgan fingerprint density at radius 2 is 2.09 bits per heavy atom. The molecule has 1 amide bonds. The molecule has 1 fully saturated rings. The second-order valence-corrected chi connectivity index (χ2v) is 5.88. The van der Waals surface area contributed by atoms with E-state index in [0.29, 0.717) is 5.04 Å². The number of pyridine rings is 1. The zero-order valence-electron chi connectivity index (χ0n) is 13.0. The minimum Gasteiger partial charge on any atom is -0.370 e. The summed E-state index contributed by atoms with van der Waals surface area (Å²) in [5, 5.41) is 13.3. The third-order valence-electron chi connectivity index (χ3n) is 2.78. The summed E-state index contributed by atoms with van der Waals surface area (Å²) in [6, 6.07) is 2.06. The highest BCUT2D eigenvalue weighted by atomic mass is 32.2. The first kappa shape index (κ1) is 18.2. The molecule has 0 unspecified atom stereocenters. The van der Waals surface area contributed by atoms with Crippen LogP contribution in [0.2, 0.25) is 0 Å². The number of primary amides is 1. The highest BCUT2D eigenvalue weighted by Crippen LogP contribution is 2.22. The molecular weight excluding hydrogens is 298 g/mol. The van der Waals surface area contributed by atoms with Crippen LogP contribution in [0.1, 0.15) is 19.4 Å². The largest absolute Gasteiger partial charge is 0.370 e. The van der Waals surface area contributed by atoms with Crippen molar-refractivity contribution >= 4 is 34.5 Å². The van der Waals surface area contributed by atoms with E-state index in [2.05, 4.69) is 27.0 Å². The van der Waals surface area contributed by atoms with Crippen LogP contribution in [0.25, 0.3) is 6.08 Å². The van der Waals surface area contributed by atoms with Crippen molar-refractivity contribution in [2.24, 2.45) is 5.73 Å². The van der Waals surface area contributed by atoms with Crippen molar-refractivity contribution < 1.29 is 4.79 Å². The average molecular weight is 321 g/mol. The van der Waals surface area contributed by atoms with Gasteiger partial charge in [-0.1, -0.05) is 11.8 Å². The van der Waals surface area contributed by atoms with Crippen molar-refractivity contribution in [2.45, 2.75) is 13.8 Å². The molecule has 0 saturated carbocycles. The number of hydrogen-bond acceptors (Lipinski definition) is 6. The van der Waals surface area contributed by atoms with Crippen LogP contribution in [0.4, 0.5) is 5.69 Å². The molecule has 0 aliphatic carbocycles. The molecule has 1 aromatic heterocycles. The molecule has 0 spiro atoms. The highest BCUT2D eigenvalue weighted by molar-refractivity contribution is 8.16. The minimum atomic E-state index is -0.333. The van der Waals surface area contributed by atoms with E-state index in [4.69, 9.17) is 5.41 Å². The number of rotatable bonds is 3. The molecule has 2 heterocycles. The van der Waals surface area contributed by atoms with Crippen LogP contribution in [-0.2, 0) is 4.79 Å². The molecule has 2 rings (SSSR count). The molecule has 1 aliphatic heterocycles. The SMILES string of the molecule is CC(=N)S/C=C/c1cnccc1N1CCNCC1.CC(N)=O. The van der Waals surface area contributed by atoms with E-state index in [1.54, 1.807) is 6.92 Å². The van der Waals surface area contributed by atoms with Gasteiger partial charge in [-0.15, -0.1) is 0 Å². The third-order valence-corrected chi connectivity index (χ3v) is 3.40. The smallest absolute Gasteiger partial charge is 0.214 e. The van der Waals surface area contributed by atoms with Gasteiger partial charge in [0.2, 0.25) is 5.91 Å². The highest BCUT2D eigenvalue weighted by Gasteiger charge is 2.12. The summed E-state index contributed by atoms with van der Waals surface area (Å²) in [6.45, 7) is 7.21. The fourth-order valence-corrected chi connectivity index (χ4v) is 2.35. The maximum absolute atomic E-state index is 9.22. The number of anilines is 1. The van der Waals surface area contributed by atoms with Gasteiger partial charge in [0, 0.05) is 56.7 Å². The van der Waals surface area contributed by atoms with Crippen molar-refractivity contribution in [1.82, 2.24) is 10.3 Å². The number of nitrogens with two attached hydrogens (primary N) is 1. The van der Waals surface area contributed by atoms with Gasteiger partial charge in [-0.25, -0.2) is 0 Å². The first-order chi connectivity index (χ1) is 10.5.